The van der Waals surface area contributed by atoms with Crippen LogP contribution in [0.1, 0.15) is 29.9 Å². The first-order chi connectivity index (χ1) is 13.5. The lowest BCUT2D eigenvalue weighted by Crippen LogP contribution is -2.54. The Morgan fingerprint density at radius 1 is 1.11 bits per heavy atom. The summed E-state index contributed by atoms with van der Waals surface area (Å²) in [6.07, 6.45) is 1.55. The third-order valence-corrected chi connectivity index (χ3v) is 5.10. The molecule has 0 aliphatic carbocycles. The van der Waals surface area contributed by atoms with Crippen molar-refractivity contribution in [2.24, 2.45) is 5.92 Å². The monoisotopic (exact) mass is 376 g/mol. The highest BCUT2D eigenvalue weighted by molar-refractivity contribution is 5.82. The van der Waals surface area contributed by atoms with Crippen LogP contribution >= 0.6 is 0 Å². The van der Waals surface area contributed by atoms with Crippen LogP contribution in [0, 0.1) is 19.8 Å². The van der Waals surface area contributed by atoms with Gasteiger partial charge in [0, 0.05) is 24.8 Å². The van der Waals surface area contributed by atoms with E-state index >= 15 is 0 Å². The number of benzene rings is 1. The summed E-state index contributed by atoms with van der Waals surface area (Å²) in [4.78, 5) is 23.3. The topological polar surface area (TPSA) is 75.9 Å². The maximum atomic E-state index is 12.5. The van der Waals surface area contributed by atoms with E-state index in [9.17, 15) is 4.79 Å². The van der Waals surface area contributed by atoms with Gasteiger partial charge < -0.3 is 10.2 Å². The minimum Gasteiger partial charge on any atom is -0.355 e. The molecular formula is C21H24N6O. The first kappa shape index (κ1) is 18.2. The Bertz CT molecular complexity index is 978. The van der Waals surface area contributed by atoms with E-state index in [4.69, 9.17) is 0 Å². The normalized spacial score (nSPS) is 15.2. The van der Waals surface area contributed by atoms with E-state index in [-0.39, 0.29) is 17.9 Å². The van der Waals surface area contributed by atoms with Crippen LogP contribution < -0.4 is 10.2 Å². The molecular weight excluding hydrogens is 352 g/mol. The van der Waals surface area contributed by atoms with Gasteiger partial charge in [0.05, 0.1) is 17.7 Å². The number of aryl methyl sites for hydroxylation is 2. The molecule has 4 rings (SSSR count). The summed E-state index contributed by atoms with van der Waals surface area (Å²) in [6, 6.07) is 13.9. The molecule has 0 radical (unpaired) electrons. The largest absolute Gasteiger partial charge is 0.355 e. The summed E-state index contributed by atoms with van der Waals surface area (Å²) in [7, 11) is 0. The van der Waals surface area contributed by atoms with Gasteiger partial charge in [-0.05, 0) is 32.4 Å². The number of hydrogen-bond acceptors (Lipinski definition) is 5. The molecule has 7 heteroatoms. The Kier molecular flexibility index (Phi) is 4.81. The molecule has 1 fully saturated rings. The smallest absolute Gasteiger partial charge is 0.227 e. The van der Waals surface area contributed by atoms with E-state index in [2.05, 4.69) is 25.3 Å². The van der Waals surface area contributed by atoms with Gasteiger partial charge in [-0.2, -0.15) is 5.10 Å². The number of carbonyl (C=O) groups excluding carboxylic acids is 1. The highest BCUT2D eigenvalue weighted by atomic mass is 16.2. The van der Waals surface area contributed by atoms with Crippen LogP contribution in [0.25, 0.3) is 5.82 Å². The SMILES string of the molecule is Cc1cc(C)n(-c2cc(N3CC(C(=O)NC(C)c4ccccc4)C3)ncn2)n1. The number of nitrogens with zero attached hydrogens (tertiary/aromatic N) is 5. The van der Waals surface area contributed by atoms with Crippen molar-refractivity contribution in [3.63, 3.8) is 0 Å². The molecule has 1 aromatic carbocycles. The van der Waals surface area contributed by atoms with Crippen LogP contribution in [0.2, 0.25) is 0 Å². The summed E-state index contributed by atoms with van der Waals surface area (Å²) >= 11 is 0. The summed E-state index contributed by atoms with van der Waals surface area (Å²) in [5.74, 6) is 1.61. The van der Waals surface area contributed by atoms with Gasteiger partial charge in [0.15, 0.2) is 5.82 Å². The zero-order valence-corrected chi connectivity index (χ0v) is 16.3. The first-order valence-electron chi connectivity index (χ1n) is 9.47. The summed E-state index contributed by atoms with van der Waals surface area (Å²) in [5.41, 5.74) is 3.08. The summed E-state index contributed by atoms with van der Waals surface area (Å²) in [6.45, 7) is 7.27. The highest BCUT2D eigenvalue weighted by Crippen LogP contribution is 2.25. The van der Waals surface area contributed by atoms with E-state index in [1.807, 2.05) is 67.9 Å². The third-order valence-electron chi connectivity index (χ3n) is 5.10. The molecule has 1 unspecified atom stereocenters. The number of rotatable bonds is 5. The van der Waals surface area contributed by atoms with Crippen LogP contribution in [0.3, 0.4) is 0 Å². The van der Waals surface area contributed by atoms with Crippen LogP contribution in [0.4, 0.5) is 5.82 Å². The average molecular weight is 376 g/mol. The number of nitrogens with one attached hydrogen (secondary N) is 1. The molecule has 0 spiro atoms. The fourth-order valence-corrected chi connectivity index (χ4v) is 3.47. The molecule has 3 aromatic rings. The Labute approximate surface area is 164 Å². The van der Waals surface area contributed by atoms with Crippen molar-refractivity contribution in [3.8, 4) is 5.82 Å². The zero-order chi connectivity index (χ0) is 19.7. The molecule has 28 heavy (non-hydrogen) atoms. The lowest BCUT2D eigenvalue weighted by molar-refractivity contribution is -0.126. The summed E-state index contributed by atoms with van der Waals surface area (Å²) in [5, 5.41) is 7.58. The fraction of sp³-hybridized carbons (Fsp3) is 0.333. The van der Waals surface area contributed by atoms with Gasteiger partial charge in [0.2, 0.25) is 5.91 Å². The average Bonchev–Trinajstić information content (AvgIpc) is 2.99. The number of hydrogen-bond donors (Lipinski definition) is 1. The zero-order valence-electron chi connectivity index (χ0n) is 16.3. The number of aromatic nitrogens is 4. The van der Waals surface area contributed by atoms with Gasteiger partial charge in [-0.1, -0.05) is 30.3 Å². The molecule has 1 aliphatic rings. The summed E-state index contributed by atoms with van der Waals surface area (Å²) < 4.78 is 1.81. The number of carbonyl (C=O) groups is 1. The Balaban J connectivity index is 1.38. The number of amides is 1. The molecule has 2 aromatic heterocycles. The van der Waals surface area contributed by atoms with Crippen LogP contribution in [0.5, 0.6) is 0 Å². The minimum absolute atomic E-state index is 0.000525. The predicted molar refractivity (Wildman–Crippen MR) is 107 cm³/mol. The highest BCUT2D eigenvalue weighted by Gasteiger charge is 2.34. The Morgan fingerprint density at radius 3 is 2.50 bits per heavy atom. The van der Waals surface area contributed by atoms with Crippen LogP contribution in [-0.4, -0.2) is 38.7 Å². The van der Waals surface area contributed by atoms with Crippen molar-refractivity contribution < 1.29 is 4.79 Å². The predicted octanol–water partition coefficient (Wildman–Crippen LogP) is 2.59. The van der Waals surface area contributed by atoms with E-state index in [1.54, 1.807) is 6.33 Å². The second-order valence-corrected chi connectivity index (χ2v) is 7.32. The lowest BCUT2D eigenvalue weighted by Gasteiger charge is -2.39. The van der Waals surface area contributed by atoms with Gasteiger partial charge in [-0.3, -0.25) is 4.79 Å². The molecule has 1 aliphatic heterocycles. The maximum Gasteiger partial charge on any atom is 0.227 e. The minimum atomic E-state index is -0.0294. The van der Waals surface area contributed by atoms with Crippen LogP contribution in [-0.2, 0) is 4.79 Å². The molecule has 1 saturated heterocycles. The second-order valence-electron chi connectivity index (χ2n) is 7.32. The quantitative estimate of drug-likeness (QED) is 0.741. The molecule has 3 heterocycles. The van der Waals surface area contributed by atoms with Crippen molar-refractivity contribution in [1.82, 2.24) is 25.1 Å². The van der Waals surface area contributed by atoms with E-state index in [0.29, 0.717) is 13.1 Å². The van der Waals surface area contributed by atoms with E-state index in [0.717, 1.165) is 28.6 Å². The lowest BCUT2D eigenvalue weighted by atomic mass is 9.98. The van der Waals surface area contributed by atoms with Crippen molar-refractivity contribution in [1.29, 1.82) is 0 Å². The molecule has 1 atom stereocenters. The standard InChI is InChI=1S/C21H24N6O/c1-14-9-15(2)27(25-14)20-10-19(22-13-23-20)26-11-18(12-26)21(28)24-16(3)17-7-5-4-6-8-17/h4-10,13,16,18H,11-12H2,1-3H3,(H,24,28). The third kappa shape index (κ3) is 3.60. The Morgan fingerprint density at radius 2 is 1.82 bits per heavy atom. The van der Waals surface area contributed by atoms with Gasteiger partial charge in [-0.25, -0.2) is 14.6 Å². The second kappa shape index (κ2) is 7.42. The van der Waals surface area contributed by atoms with Gasteiger partial charge in [0.1, 0.15) is 12.1 Å². The van der Waals surface area contributed by atoms with Gasteiger partial charge in [0.25, 0.3) is 0 Å². The van der Waals surface area contributed by atoms with Crippen molar-refractivity contribution >= 4 is 11.7 Å². The molecule has 7 nitrogen and oxygen atoms in total. The van der Waals surface area contributed by atoms with Gasteiger partial charge >= 0.3 is 0 Å². The Hall–Kier alpha value is -3.22. The molecule has 0 bridgehead atoms. The maximum absolute atomic E-state index is 12.5. The van der Waals surface area contributed by atoms with Crippen molar-refractivity contribution in [3.05, 3.63) is 65.7 Å². The molecule has 144 valence electrons. The molecule has 0 saturated carbocycles. The van der Waals surface area contributed by atoms with Gasteiger partial charge in [-0.15, -0.1) is 0 Å². The van der Waals surface area contributed by atoms with Crippen LogP contribution in [0.15, 0.2) is 48.8 Å². The number of anilines is 1. The van der Waals surface area contributed by atoms with E-state index < -0.39 is 0 Å². The molecule has 1 amide bonds. The van der Waals surface area contributed by atoms with Crippen molar-refractivity contribution in [2.45, 2.75) is 26.8 Å². The first-order valence-corrected chi connectivity index (χ1v) is 9.47. The molecule has 1 N–H and O–H groups in total. The van der Waals surface area contributed by atoms with E-state index in [1.165, 1.54) is 0 Å². The fourth-order valence-electron chi connectivity index (χ4n) is 3.47. The van der Waals surface area contributed by atoms with Crippen molar-refractivity contribution in [2.75, 3.05) is 18.0 Å².